The molecule has 29 heavy (non-hydrogen) atoms. The number of aromatic nitrogens is 1. The number of ether oxygens (including phenoxy) is 1. The average Bonchev–Trinajstić information content (AvgIpc) is 3.39. The summed E-state index contributed by atoms with van der Waals surface area (Å²) in [7, 11) is 0. The molecular weight excluding hydrogens is 364 g/mol. The van der Waals surface area contributed by atoms with Gasteiger partial charge in [0.15, 0.2) is 5.78 Å². The van der Waals surface area contributed by atoms with Crippen LogP contribution < -0.4 is 4.74 Å². The van der Waals surface area contributed by atoms with E-state index in [-0.39, 0.29) is 18.9 Å². The molecule has 2 heterocycles. The van der Waals surface area contributed by atoms with E-state index < -0.39 is 0 Å². The molecular formula is C24H22N2O3. The average molecular weight is 386 g/mol. The molecule has 0 saturated heterocycles. The van der Waals surface area contributed by atoms with E-state index in [1.807, 2.05) is 62.5 Å². The summed E-state index contributed by atoms with van der Waals surface area (Å²) >= 11 is 0. The standard InChI is InChI=1S/C24H22N2O3/c1-16-10-20(19-7-9-28-14-19)11-17(2)24(16)29-15-21(27)13-25-12-18-4-3-5-23-22(18)6-8-26-23/h3-12,14,26H,13,15H2,1-2H3. The normalized spacial score (nSPS) is 11.4. The van der Waals surface area contributed by atoms with Gasteiger partial charge in [0.05, 0.1) is 12.5 Å². The van der Waals surface area contributed by atoms with E-state index in [2.05, 4.69) is 9.98 Å². The van der Waals surface area contributed by atoms with E-state index in [4.69, 9.17) is 9.15 Å². The molecule has 2 aromatic heterocycles. The number of H-pyrrole nitrogens is 1. The summed E-state index contributed by atoms with van der Waals surface area (Å²) in [6.07, 6.45) is 7.00. The minimum absolute atomic E-state index is 0.00156. The van der Waals surface area contributed by atoms with Gasteiger partial charge in [0, 0.05) is 34.4 Å². The van der Waals surface area contributed by atoms with E-state index in [9.17, 15) is 4.79 Å². The highest BCUT2D eigenvalue weighted by molar-refractivity contribution is 5.99. The topological polar surface area (TPSA) is 67.6 Å². The molecule has 5 nitrogen and oxygen atoms in total. The first-order chi connectivity index (χ1) is 14.1. The zero-order valence-corrected chi connectivity index (χ0v) is 16.4. The second-order valence-corrected chi connectivity index (χ2v) is 7.03. The number of furan rings is 1. The van der Waals surface area contributed by atoms with Crippen LogP contribution in [0.3, 0.4) is 0 Å². The summed E-state index contributed by atoms with van der Waals surface area (Å²) in [5, 5.41) is 1.09. The lowest BCUT2D eigenvalue weighted by atomic mass is 10.0. The molecule has 0 spiro atoms. The maximum atomic E-state index is 12.2. The number of Topliss-reactive ketones (excluding diaryl/α,β-unsaturated/α-hetero) is 1. The van der Waals surface area contributed by atoms with Crippen molar-refractivity contribution in [1.82, 2.24) is 4.98 Å². The highest BCUT2D eigenvalue weighted by Crippen LogP contribution is 2.30. The molecule has 0 aliphatic rings. The number of aromatic amines is 1. The van der Waals surface area contributed by atoms with Crippen molar-refractivity contribution in [2.24, 2.45) is 4.99 Å². The van der Waals surface area contributed by atoms with Crippen molar-refractivity contribution >= 4 is 22.9 Å². The molecule has 0 unspecified atom stereocenters. The van der Waals surface area contributed by atoms with Gasteiger partial charge in [-0.1, -0.05) is 12.1 Å². The molecule has 0 radical (unpaired) electrons. The molecule has 1 N–H and O–H groups in total. The third kappa shape index (κ3) is 4.14. The van der Waals surface area contributed by atoms with Gasteiger partial charge in [0.2, 0.25) is 0 Å². The maximum Gasteiger partial charge on any atom is 0.191 e. The van der Waals surface area contributed by atoms with Crippen LogP contribution in [0, 0.1) is 13.8 Å². The van der Waals surface area contributed by atoms with E-state index in [0.29, 0.717) is 0 Å². The van der Waals surface area contributed by atoms with E-state index in [0.717, 1.165) is 44.5 Å². The Hall–Kier alpha value is -3.60. The molecule has 0 aliphatic heterocycles. The van der Waals surface area contributed by atoms with Gasteiger partial charge in [-0.25, -0.2) is 0 Å². The monoisotopic (exact) mass is 386 g/mol. The van der Waals surface area contributed by atoms with Gasteiger partial charge in [0.1, 0.15) is 18.9 Å². The number of hydrogen-bond donors (Lipinski definition) is 1. The molecule has 0 saturated carbocycles. The van der Waals surface area contributed by atoms with Crippen LogP contribution in [0.2, 0.25) is 0 Å². The van der Waals surface area contributed by atoms with Crippen LogP contribution in [0.4, 0.5) is 0 Å². The fourth-order valence-corrected chi connectivity index (χ4v) is 3.44. The Kier molecular flexibility index (Phi) is 5.29. The van der Waals surface area contributed by atoms with Gasteiger partial charge in [0.25, 0.3) is 0 Å². The van der Waals surface area contributed by atoms with Gasteiger partial charge in [-0.2, -0.15) is 0 Å². The second kappa shape index (κ2) is 8.19. The first-order valence-corrected chi connectivity index (χ1v) is 9.46. The highest BCUT2D eigenvalue weighted by Gasteiger charge is 2.10. The first-order valence-electron chi connectivity index (χ1n) is 9.46. The second-order valence-electron chi connectivity index (χ2n) is 7.03. The predicted molar refractivity (Wildman–Crippen MR) is 115 cm³/mol. The number of nitrogens with one attached hydrogen (secondary N) is 1. The minimum Gasteiger partial charge on any atom is -0.485 e. The molecule has 146 valence electrons. The number of aryl methyl sites for hydroxylation is 2. The quantitative estimate of drug-likeness (QED) is 0.449. The summed E-state index contributed by atoms with van der Waals surface area (Å²) in [5.41, 5.74) is 6.09. The number of hydrogen-bond acceptors (Lipinski definition) is 4. The summed E-state index contributed by atoms with van der Waals surface area (Å²) in [6.45, 7) is 4.04. The lowest BCUT2D eigenvalue weighted by molar-refractivity contribution is -0.119. The Balaban J connectivity index is 1.38. The van der Waals surface area contributed by atoms with Gasteiger partial charge in [-0.15, -0.1) is 0 Å². The molecule has 0 aliphatic carbocycles. The predicted octanol–water partition coefficient (Wildman–Crippen LogP) is 5.11. The molecule has 2 aromatic carbocycles. The van der Waals surface area contributed by atoms with Crippen LogP contribution in [0.15, 0.2) is 70.6 Å². The van der Waals surface area contributed by atoms with Crippen LogP contribution in [-0.2, 0) is 4.79 Å². The molecule has 0 atom stereocenters. The number of carbonyl (C=O) groups excluding carboxylic acids is 1. The van der Waals surface area contributed by atoms with Crippen LogP contribution >= 0.6 is 0 Å². The smallest absolute Gasteiger partial charge is 0.191 e. The zero-order valence-electron chi connectivity index (χ0n) is 16.4. The van der Waals surface area contributed by atoms with Gasteiger partial charge in [-0.3, -0.25) is 9.79 Å². The third-order valence-electron chi connectivity index (χ3n) is 4.82. The molecule has 4 rings (SSSR count). The molecule has 0 bridgehead atoms. The Morgan fingerprint density at radius 2 is 1.97 bits per heavy atom. The van der Waals surface area contributed by atoms with Crippen molar-refractivity contribution < 1.29 is 13.9 Å². The van der Waals surface area contributed by atoms with Crippen molar-refractivity contribution in [3.05, 3.63) is 77.9 Å². The molecule has 0 fully saturated rings. The highest BCUT2D eigenvalue weighted by atomic mass is 16.5. The molecule has 4 aromatic rings. The lowest BCUT2D eigenvalue weighted by Crippen LogP contribution is -2.15. The SMILES string of the molecule is Cc1cc(-c2ccoc2)cc(C)c1OCC(=O)CN=Cc1cccc2[nH]ccc12. The zero-order chi connectivity index (χ0) is 20.2. The van der Waals surface area contributed by atoms with Crippen LogP contribution in [-0.4, -0.2) is 30.1 Å². The minimum atomic E-state index is -0.0693. The fraction of sp³-hybridized carbons (Fsp3) is 0.167. The number of fused-ring (bicyclic) bond motifs is 1. The molecule has 5 heteroatoms. The summed E-state index contributed by atoms with van der Waals surface area (Å²) in [6, 6.07) is 13.9. The number of nitrogens with zero attached hydrogens (tertiary/aromatic N) is 1. The van der Waals surface area contributed by atoms with Crippen molar-refractivity contribution in [2.45, 2.75) is 13.8 Å². The number of ketones is 1. The summed E-state index contributed by atoms with van der Waals surface area (Å²) < 4.78 is 11.0. The maximum absolute atomic E-state index is 12.2. The van der Waals surface area contributed by atoms with Crippen molar-refractivity contribution in [3.8, 4) is 16.9 Å². The lowest BCUT2D eigenvalue weighted by Gasteiger charge is -2.13. The fourth-order valence-electron chi connectivity index (χ4n) is 3.44. The Labute approximate surface area is 169 Å². The van der Waals surface area contributed by atoms with Crippen LogP contribution in [0.25, 0.3) is 22.0 Å². The van der Waals surface area contributed by atoms with Crippen LogP contribution in [0.1, 0.15) is 16.7 Å². The Morgan fingerprint density at radius 3 is 2.72 bits per heavy atom. The van der Waals surface area contributed by atoms with Gasteiger partial charge >= 0.3 is 0 Å². The van der Waals surface area contributed by atoms with Crippen molar-refractivity contribution in [3.63, 3.8) is 0 Å². The van der Waals surface area contributed by atoms with Gasteiger partial charge in [-0.05, 0) is 60.9 Å². The van der Waals surface area contributed by atoms with Crippen molar-refractivity contribution in [2.75, 3.05) is 13.2 Å². The number of benzene rings is 2. The molecule has 0 amide bonds. The Bertz CT molecular complexity index is 1150. The van der Waals surface area contributed by atoms with E-state index in [1.54, 1.807) is 18.7 Å². The summed E-state index contributed by atoms with van der Waals surface area (Å²) in [4.78, 5) is 19.7. The first kappa shape index (κ1) is 18.7. The Morgan fingerprint density at radius 1 is 1.14 bits per heavy atom. The van der Waals surface area contributed by atoms with Gasteiger partial charge < -0.3 is 14.1 Å². The number of rotatable bonds is 7. The van der Waals surface area contributed by atoms with E-state index >= 15 is 0 Å². The largest absolute Gasteiger partial charge is 0.485 e. The van der Waals surface area contributed by atoms with Crippen molar-refractivity contribution in [1.29, 1.82) is 0 Å². The van der Waals surface area contributed by atoms with E-state index in [1.165, 1.54) is 0 Å². The third-order valence-corrected chi connectivity index (χ3v) is 4.82. The van der Waals surface area contributed by atoms with Crippen LogP contribution in [0.5, 0.6) is 5.75 Å². The number of carbonyl (C=O) groups is 1. The summed E-state index contributed by atoms with van der Waals surface area (Å²) in [5.74, 6) is 0.673. The number of aliphatic imine (C=N–C) groups is 1.